The monoisotopic (exact) mass is 743 g/mol. The van der Waals surface area contributed by atoms with Crippen LogP contribution in [0.25, 0.3) is 5.41 Å². The molecule has 0 bridgehead atoms. The fraction of sp³-hybridized carbons (Fsp3) is 0.304. The first-order valence-electron chi connectivity index (χ1n) is 9.85. The van der Waals surface area contributed by atoms with Crippen LogP contribution >= 0.6 is 44.1 Å². The summed E-state index contributed by atoms with van der Waals surface area (Å²) in [4.78, 5) is 34.9. The van der Waals surface area contributed by atoms with Gasteiger partial charge in [-0.05, 0) is 56.4 Å². The minimum atomic E-state index is -1.08. The molecule has 14 heteroatoms. The number of thiocarbonyl (C=S) groups is 1. The van der Waals surface area contributed by atoms with Crippen LogP contribution in [0.4, 0.5) is 0 Å². The molecule has 37 heavy (non-hydrogen) atoms. The molecule has 0 aromatic heterocycles. The van der Waals surface area contributed by atoms with Gasteiger partial charge in [0.05, 0.1) is 0 Å². The summed E-state index contributed by atoms with van der Waals surface area (Å²) in [6, 6.07) is 6.47. The molecule has 0 fully saturated rings. The summed E-state index contributed by atoms with van der Waals surface area (Å²) in [6.45, 7) is 3.10. The Kier molecular flexibility index (Phi) is 23.2. The number of carbonyl (C=O) groups excluding carboxylic acids is 3. The Morgan fingerprint density at radius 3 is 1.43 bits per heavy atom. The number of halogens is 2. The normalized spacial score (nSPS) is 9.38. The molecule has 0 unspecified atom stereocenters. The molecule has 0 heterocycles. The van der Waals surface area contributed by atoms with Crippen molar-refractivity contribution in [3.63, 3.8) is 0 Å². The van der Waals surface area contributed by atoms with Crippen molar-refractivity contribution in [3.05, 3.63) is 60.9 Å². The molecule has 0 aliphatic heterocycles. The van der Waals surface area contributed by atoms with Crippen LogP contribution in [0.15, 0.2) is 33.2 Å². The largest absolute Gasteiger partial charge is 2.00 e. The van der Waals surface area contributed by atoms with E-state index >= 15 is 0 Å². The van der Waals surface area contributed by atoms with E-state index in [0.717, 1.165) is 6.92 Å². The van der Waals surface area contributed by atoms with E-state index in [1.807, 2.05) is 23.9 Å². The topological polar surface area (TPSA) is 149 Å². The number of carboxylic acids is 1. The molecule has 206 valence electrons. The molecule has 0 saturated carbocycles. The van der Waals surface area contributed by atoms with Gasteiger partial charge in [-0.3, -0.25) is 9.59 Å². The molecule has 0 saturated heterocycles. The van der Waals surface area contributed by atoms with Crippen LogP contribution in [-0.4, -0.2) is 60.7 Å². The summed E-state index contributed by atoms with van der Waals surface area (Å²) in [6.07, 6.45) is 1.13. The maximum Gasteiger partial charge on any atom is 2.00 e. The van der Waals surface area contributed by atoms with E-state index in [2.05, 4.69) is 44.1 Å². The molecule has 2 rings (SSSR count). The Morgan fingerprint density at radius 2 is 1.19 bits per heavy atom. The Morgan fingerprint density at radius 1 is 0.919 bits per heavy atom. The van der Waals surface area contributed by atoms with Crippen molar-refractivity contribution in [2.24, 2.45) is 0 Å². The Labute approximate surface area is 258 Å². The summed E-state index contributed by atoms with van der Waals surface area (Å²) in [5.41, 5.74) is 1.37. The number of isothiocyanates is 1. The van der Waals surface area contributed by atoms with Gasteiger partial charge in [0.2, 0.25) is 0 Å². The molecule has 9 nitrogen and oxygen atoms in total. The number of rotatable bonds is 9. The van der Waals surface area contributed by atoms with Crippen LogP contribution in [0.1, 0.15) is 38.8 Å². The molecule has 0 spiro atoms. The molecule has 2 aromatic rings. The number of likely N-dealkylation sites (N-methyl/N-ethyl adjacent to an activating group) is 2. The Hall–Kier alpha value is -1.48. The van der Waals surface area contributed by atoms with E-state index in [4.69, 9.17) is 15.3 Å². The smallest absolute Gasteiger partial charge is 0.872 e. The van der Waals surface area contributed by atoms with Gasteiger partial charge in [0.25, 0.3) is 0 Å². The third-order valence-electron chi connectivity index (χ3n) is 4.32. The molecule has 0 aliphatic carbocycles. The van der Waals surface area contributed by atoms with Gasteiger partial charge in [-0.2, -0.15) is 5.16 Å². The zero-order valence-corrected chi connectivity index (χ0v) is 25.8. The molecule has 0 radical (unpaired) electrons. The summed E-state index contributed by atoms with van der Waals surface area (Å²) in [5, 5.41) is 41.8. The fourth-order valence-corrected chi connectivity index (χ4v) is 3.88. The van der Waals surface area contributed by atoms with Crippen LogP contribution in [0.5, 0.6) is 11.5 Å². The number of hydrogen-bond acceptors (Lipinski definition) is 9. The molecule has 0 N–H and O–H groups in total. The van der Waals surface area contributed by atoms with Crippen molar-refractivity contribution in [3.8, 4) is 11.5 Å². The predicted octanol–water partition coefficient (Wildman–Crippen LogP) is 1.96. The maximum atomic E-state index is 12.2. The maximum absolute atomic E-state index is 12.2. The van der Waals surface area contributed by atoms with E-state index in [0.29, 0.717) is 58.8 Å². The van der Waals surface area contributed by atoms with Crippen LogP contribution in [0.2, 0.25) is 0 Å². The zero-order chi connectivity index (χ0) is 27.1. The number of aldehydes is 2. The number of nitrogens with zero attached hydrogens (tertiary/aromatic N) is 3. The van der Waals surface area contributed by atoms with Crippen LogP contribution < -0.4 is 15.3 Å². The quantitative estimate of drug-likeness (QED) is 0.163. The predicted molar refractivity (Wildman–Crippen MR) is 137 cm³/mol. The molecular formula is C23H23Br2N3Ni2O6S. The van der Waals surface area contributed by atoms with Crippen LogP contribution in [0.3, 0.4) is 0 Å². The first-order valence-corrected chi connectivity index (χ1v) is 11.8. The zero-order valence-electron chi connectivity index (χ0n) is 19.9. The second-order valence-electron chi connectivity index (χ2n) is 7.26. The average Bonchev–Trinajstić information content (AvgIpc) is 2.77. The van der Waals surface area contributed by atoms with E-state index in [1.165, 1.54) is 17.3 Å². The second kappa shape index (κ2) is 21.5. The van der Waals surface area contributed by atoms with Crippen molar-refractivity contribution in [2.45, 2.75) is 20.0 Å². The van der Waals surface area contributed by atoms with Gasteiger partial charge in [-0.15, -0.1) is 0 Å². The average molecular weight is 747 g/mol. The number of carboxylic acid groups (broad SMARTS) is 1. The first-order chi connectivity index (χ1) is 16.4. The van der Waals surface area contributed by atoms with Crippen molar-refractivity contribution in [2.75, 3.05) is 27.2 Å². The van der Waals surface area contributed by atoms with Crippen molar-refractivity contribution >= 4 is 67.8 Å². The standard InChI is InChI=1S/C20H22Br2N2O4.C2H4O2.CNS.2Ni/c1-23(9-13-5-17(21)7-15(11-25)19(13)27)3-4-24(2)10-14-6-18(22)8-16(12-26)20(14)28;1-2(3)4;2-1-3;;/h5-8,11-12,27-28H,3-4,9-10H2,1-2H3;1H3,(H,3,4);;;/q;;-1;2*+2/p-3. The molecular weight excluding hydrogens is 724 g/mol. The van der Waals surface area contributed by atoms with Gasteiger partial charge in [0, 0.05) is 52.2 Å². The number of hydrogen-bond donors (Lipinski definition) is 0. The summed E-state index contributed by atoms with van der Waals surface area (Å²) in [5.74, 6) is -1.60. The SMILES string of the molecule is CC(=O)[O-].CN(CCN(C)Cc1cc(Br)cc(C=O)c1[O-])Cc1cc(Br)cc(C=O)c1[O-].[N-]=C=S.[Ni+2].[Ni+2]. The van der Waals surface area contributed by atoms with Crippen LogP contribution in [-0.2, 0) is 50.9 Å². The minimum absolute atomic E-state index is 0. The Balaban J connectivity index is -0.00000115. The molecule has 0 amide bonds. The van der Waals surface area contributed by atoms with Gasteiger partial charge < -0.3 is 35.3 Å². The minimum Gasteiger partial charge on any atom is -0.872 e. The number of aliphatic carboxylic acids is 1. The van der Waals surface area contributed by atoms with Crippen molar-refractivity contribution < 1.29 is 62.7 Å². The van der Waals surface area contributed by atoms with Gasteiger partial charge in [-0.1, -0.05) is 55.6 Å². The number of carbonyl (C=O) groups is 3. The van der Waals surface area contributed by atoms with E-state index < -0.39 is 5.97 Å². The van der Waals surface area contributed by atoms with E-state index in [9.17, 15) is 19.8 Å². The first kappa shape index (κ1) is 40.0. The summed E-state index contributed by atoms with van der Waals surface area (Å²) < 4.78 is 1.39. The van der Waals surface area contributed by atoms with Crippen molar-refractivity contribution in [1.82, 2.24) is 9.80 Å². The van der Waals surface area contributed by atoms with E-state index in [-0.39, 0.29) is 55.6 Å². The van der Waals surface area contributed by atoms with Crippen LogP contribution in [0, 0.1) is 0 Å². The third-order valence-corrected chi connectivity index (χ3v) is 5.23. The summed E-state index contributed by atoms with van der Waals surface area (Å²) >= 11 is 10.3. The number of benzene rings is 2. The summed E-state index contributed by atoms with van der Waals surface area (Å²) in [7, 11) is 3.77. The van der Waals surface area contributed by atoms with Crippen molar-refractivity contribution in [1.29, 1.82) is 0 Å². The van der Waals surface area contributed by atoms with Gasteiger partial charge in [0.1, 0.15) is 12.6 Å². The van der Waals surface area contributed by atoms with Gasteiger partial charge >= 0.3 is 33.0 Å². The van der Waals surface area contributed by atoms with Gasteiger partial charge in [0.15, 0.2) is 0 Å². The van der Waals surface area contributed by atoms with E-state index in [1.54, 1.807) is 12.1 Å². The molecule has 2 aromatic carbocycles. The van der Waals surface area contributed by atoms with Gasteiger partial charge in [-0.25, -0.2) is 0 Å². The third kappa shape index (κ3) is 16.2. The fourth-order valence-electron chi connectivity index (χ4n) is 2.84. The molecule has 0 atom stereocenters. The Bertz CT molecular complexity index is 998. The second-order valence-corrected chi connectivity index (χ2v) is 9.27. The molecule has 0 aliphatic rings.